The molecule has 0 aliphatic rings. The summed E-state index contributed by atoms with van der Waals surface area (Å²) in [7, 11) is 4.11. The Morgan fingerprint density at radius 3 is 2.67 bits per heavy atom. The second-order valence-electron chi connectivity index (χ2n) is 8.33. The number of hydrogen-bond acceptors (Lipinski definition) is 6. The zero-order valence-electron chi connectivity index (χ0n) is 18.2. The molecule has 0 radical (unpaired) electrons. The normalized spacial score (nSPS) is 11.7. The van der Waals surface area contributed by atoms with E-state index in [-0.39, 0.29) is 0 Å². The number of furan rings is 1. The highest BCUT2D eigenvalue weighted by Crippen LogP contribution is 2.32. The molecular weight excluding hydrogens is 414 g/mol. The zero-order chi connectivity index (χ0) is 22.4. The maximum atomic E-state index is 5.25. The molecule has 6 aromatic rings. The van der Waals surface area contributed by atoms with Crippen molar-refractivity contribution in [2.45, 2.75) is 6.54 Å². The predicted octanol–water partition coefficient (Wildman–Crippen LogP) is 4.88. The van der Waals surface area contributed by atoms with Gasteiger partial charge in [-0.1, -0.05) is 6.07 Å². The van der Waals surface area contributed by atoms with Gasteiger partial charge in [-0.15, -0.1) is 0 Å². The van der Waals surface area contributed by atoms with Crippen LogP contribution in [0.2, 0.25) is 0 Å². The Hall–Kier alpha value is -4.30. The van der Waals surface area contributed by atoms with Gasteiger partial charge in [0.05, 0.1) is 29.8 Å². The van der Waals surface area contributed by atoms with E-state index in [1.807, 2.05) is 24.5 Å². The van der Waals surface area contributed by atoms with E-state index >= 15 is 0 Å². The summed E-state index contributed by atoms with van der Waals surface area (Å²) >= 11 is 0. The third kappa shape index (κ3) is 3.46. The fraction of sp³-hybridized carbons (Fsp3) is 0.120. The second kappa shape index (κ2) is 7.68. The maximum Gasteiger partial charge on any atom is 0.159 e. The number of aromatic nitrogens is 6. The summed E-state index contributed by atoms with van der Waals surface area (Å²) in [5, 5.41) is 8.68. The predicted molar refractivity (Wildman–Crippen MR) is 127 cm³/mol. The van der Waals surface area contributed by atoms with Gasteiger partial charge in [0.15, 0.2) is 5.82 Å². The number of fused-ring (bicyclic) bond motifs is 2. The van der Waals surface area contributed by atoms with Gasteiger partial charge in [-0.2, -0.15) is 5.10 Å². The summed E-state index contributed by atoms with van der Waals surface area (Å²) in [4.78, 5) is 19.2. The molecule has 0 atom stereocenters. The van der Waals surface area contributed by atoms with Crippen LogP contribution < -0.4 is 0 Å². The standard InChI is InChI=1S/C25H21N7O/c1-32(2)13-15-7-18(10-26-9-15)16-3-4-21-19(8-16)24(31-30-21)25-28-22-12-27-11-20(23(22)29-25)17-5-6-33-14-17/h3-12,14H,13H2,1-2H3,(H,28,29)(H,30,31). The highest BCUT2D eigenvalue weighted by Gasteiger charge is 2.16. The van der Waals surface area contributed by atoms with Gasteiger partial charge in [-0.25, -0.2) is 4.98 Å². The molecule has 8 nitrogen and oxygen atoms in total. The first kappa shape index (κ1) is 19.4. The average Bonchev–Trinajstić information content (AvgIpc) is 3.57. The smallest absolute Gasteiger partial charge is 0.159 e. The SMILES string of the molecule is CN(C)Cc1cncc(-c2ccc3[nH]nc(-c4nc5c(-c6ccoc6)cncc5[nH]4)c3c2)c1. The Morgan fingerprint density at radius 2 is 1.82 bits per heavy atom. The van der Waals surface area contributed by atoms with Crippen LogP contribution in [0.15, 0.2) is 72.1 Å². The number of benzene rings is 1. The van der Waals surface area contributed by atoms with Gasteiger partial charge in [-0.3, -0.25) is 15.1 Å². The van der Waals surface area contributed by atoms with Crippen molar-refractivity contribution in [3.8, 4) is 33.8 Å². The number of nitrogens with zero attached hydrogens (tertiary/aromatic N) is 5. The van der Waals surface area contributed by atoms with Gasteiger partial charge in [-0.05, 0) is 49.5 Å². The lowest BCUT2D eigenvalue weighted by Crippen LogP contribution is -2.10. The van der Waals surface area contributed by atoms with E-state index in [4.69, 9.17) is 9.40 Å². The van der Waals surface area contributed by atoms with Crippen LogP contribution in [0.1, 0.15) is 5.56 Å². The van der Waals surface area contributed by atoms with Crippen LogP contribution in [-0.4, -0.2) is 49.1 Å². The van der Waals surface area contributed by atoms with Gasteiger partial charge in [0, 0.05) is 47.2 Å². The van der Waals surface area contributed by atoms with Crippen LogP contribution in [0.3, 0.4) is 0 Å². The molecule has 0 fully saturated rings. The number of H-pyrrole nitrogens is 2. The number of hydrogen-bond donors (Lipinski definition) is 2. The Kier molecular flexibility index (Phi) is 4.51. The van der Waals surface area contributed by atoms with Crippen LogP contribution in [0, 0.1) is 0 Å². The molecule has 0 amide bonds. The minimum Gasteiger partial charge on any atom is -0.472 e. The Bertz CT molecular complexity index is 1580. The lowest BCUT2D eigenvalue weighted by molar-refractivity contribution is 0.402. The van der Waals surface area contributed by atoms with Crippen molar-refractivity contribution >= 4 is 21.9 Å². The van der Waals surface area contributed by atoms with Crippen LogP contribution in [0.5, 0.6) is 0 Å². The third-order valence-electron chi connectivity index (χ3n) is 5.64. The first-order chi connectivity index (χ1) is 16.2. The first-order valence-corrected chi connectivity index (χ1v) is 10.6. The lowest BCUT2D eigenvalue weighted by Gasteiger charge is -2.10. The van der Waals surface area contributed by atoms with Crippen LogP contribution in [-0.2, 0) is 6.54 Å². The van der Waals surface area contributed by atoms with Crippen molar-refractivity contribution in [2.24, 2.45) is 0 Å². The fourth-order valence-corrected chi connectivity index (χ4v) is 4.15. The molecule has 162 valence electrons. The molecule has 5 heterocycles. The van der Waals surface area contributed by atoms with Crippen LogP contribution >= 0.6 is 0 Å². The lowest BCUT2D eigenvalue weighted by atomic mass is 10.0. The molecule has 6 rings (SSSR count). The summed E-state index contributed by atoms with van der Waals surface area (Å²) in [5.74, 6) is 0.686. The van der Waals surface area contributed by atoms with Crippen molar-refractivity contribution in [1.29, 1.82) is 0 Å². The van der Waals surface area contributed by atoms with E-state index in [2.05, 4.69) is 62.3 Å². The molecule has 0 aliphatic carbocycles. The summed E-state index contributed by atoms with van der Waals surface area (Å²) in [5.41, 5.74) is 8.54. The molecule has 0 saturated heterocycles. The first-order valence-electron chi connectivity index (χ1n) is 10.6. The Morgan fingerprint density at radius 1 is 0.909 bits per heavy atom. The molecule has 0 aliphatic heterocycles. The molecule has 2 N–H and O–H groups in total. The summed E-state index contributed by atoms with van der Waals surface area (Å²) in [6.45, 7) is 0.839. The van der Waals surface area contributed by atoms with E-state index in [1.165, 1.54) is 5.56 Å². The van der Waals surface area contributed by atoms with Crippen molar-refractivity contribution in [3.63, 3.8) is 0 Å². The van der Waals surface area contributed by atoms with Crippen LogP contribution in [0.25, 0.3) is 55.7 Å². The molecule has 5 aromatic heterocycles. The molecular formula is C25H21N7O. The number of nitrogens with one attached hydrogen (secondary N) is 2. The van der Waals surface area contributed by atoms with Crippen molar-refractivity contribution in [3.05, 3.63) is 73.2 Å². The Labute approximate surface area is 189 Å². The van der Waals surface area contributed by atoms with Crippen molar-refractivity contribution < 1.29 is 4.42 Å². The topological polar surface area (TPSA) is 99.5 Å². The quantitative estimate of drug-likeness (QED) is 0.400. The largest absolute Gasteiger partial charge is 0.472 e. The summed E-state index contributed by atoms with van der Waals surface area (Å²) in [6.07, 6.45) is 10.7. The average molecular weight is 435 g/mol. The molecule has 0 saturated carbocycles. The number of aromatic amines is 2. The van der Waals surface area contributed by atoms with E-state index < -0.39 is 0 Å². The monoisotopic (exact) mass is 435 g/mol. The summed E-state index contributed by atoms with van der Waals surface area (Å²) < 4.78 is 5.25. The highest BCUT2D eigenvalue weighted by atomic mass is 16.3. The molecule has 1 aromatic carbocycles. The van der Waals surface area contributed by atoms with Crippen molar-refractivity contribution in [1.82, 2.24) is 35.0 Å². The van der Waals surface area contributed by atoms with E-state index in [9.17, 15) is 0 Å². The Balaban J connectivity index is 1.45. The van der Waals surface area contributed by atoms with Crippen molar-refractivity contribution in [2.75, 3.05) is 14.1 Å². The van der Waals surface area contributed by atoms with E-state index in [0.717, 1.165) is 56.4 Å². The molecule has 0 spiro atoms. The number of imidazole rings is 1. The van der Waals surface area contributed by atoms with Gasteiger partial charge < -0.3 is 14.3 Å². The molecule has 0 bridgehead atoms. The fourth-order valence-electron chi connectivity index (χ4n) is 4.15. The van der Waals surface area contributed by atoms with E-state index in [0.29, 0.717) is 5.82 Å². The van der Waals surface area contributed by atoms with Gasteiger partial charge in [0.2, 0.25) is 0 Å². The summed E-state index contributed by atoms with van der Waals surface area (Å²) in [6, 6.07) is 10.3. The van der Waals surface area contributed by atoms with E-state index in [1.54, 1.807) is 24.9 Å². The minimum atomic E-state index is 0.686. The van der Waals surface area contributed by atoms with Gasteiger partial charge in [0.25, 0.3) is 0 Å². The zero-order valence-corrected chi connectivity index (χ0v) is 18.2. The number of rotatable bonds is 5. The van der Waals surface area contributed by atoms with Crippen LogP contribution in [0.4, 0.5) is 0 Å². The maximum absolute atomic E-state index is 5.25. The molecule has 8 heteroatoms. The van der Waals surface area contributed by atoms with Gasteiger partial charge >= 0.3 is 0 Å². The number of pyridine rings is 2. The molecule has 0 unspecified atom stereocenters. The molecule has 33 heavy (non-hydrogen) atoms. The third-order valence-corrected chi connectivity index (χ3v) is 5.64. The second-order valence-corrected chi connectivity index (χ2v) is 8.33. The van der Waals surface area contributed by atoms with Gasteiger partial charge in [0.1, 0.15) is 11.2 Å². The highest BCUT2D eigenvalue weighted by molar-refractivity contribution is 5.97. The minimum absolute atomic E-state index is 0.686.